The van der Waals surface area contributed by atoms with Crippen LogP contribution < -0.4 is 4.74 Å². The number of amides is 2. The number of rotatable bonds is 4. The minimum absolute atomic E-state index is 0.0314. The molecule has 1 fully saturated rings. The van der Waals surface area contributed by atoms with Crippen LogP contribution in [0.15, 0.2) is 22.7 Å². The largest absolute Gasteiger partial charge is 0.479 e. The minimum Gasteiger partial charge on any atom is -0.479 e. The van der Waals surface area contributed by atoms with Crippen LogP contribution in [-0.4, -0.2) is 59.6 Å². The molecule has 2 heterocycles. The number of carbonyl (C=O) groups excluding carboxylic acids is 2. The molecule has 1 aliphatic heterocycles. The van der Waals surface area contributed by atoms with E-state index < -0.39 is 0 Å². The van der Waals surface area contributed by atoms with Crippen LogP contribution in [0.3, 0.4) is 0 Å². The van der Waals surface area contributed by atoms with Gasteiger partial charge in [-0.2, -0.15) is 0 Å². The molecule has 1 aliphatic rings. The first-order valence-corrected chi connectivity index (χ1v) is 9.46. The minimum atomic E-state index is -0.0605. The lowest BCUT2D eigenvalue weighted by Crippen LogP contribution is -2.55. The summed E-state index contributed by atoms with van der Waals surface area (Å²) in [7, 11) is 1.50. The molecule has 1 aromatic carbocycles. The van der Waals surface area contributed by atoms with Crippen molar-refractivity contribution >= 4 is 11.8 Å². The lowest BCUT2D eigenvalue weighted by molar-refractivity contribution is -0.133. The number of aryl methyl sites for hydroxylation is 2. The molecule has 0 bridgehead atoms. The van der Waals surface area contributed by atoms with Crippen LogP contribution >= 0.6 is 0 Å². The summed E-state index contributed by atoms with van der Waals surface area (Å²) in [5.41, 5.74) is 3.96. The molecule has 0 spiro atoms. The van der Waals surface area contributed by atoms with Crippen molar-refractivity contribution in [3.8, 4) is 5.88 Å². The molecule has 0 aliphatic carbocycles. The second-order valence-electron chi connectivity index (χ2n) is 7.45. The van der Waals surface area contributed by atoms with Gasteiger partial charge < -0.3 is 19.1 Å². The van der Waals surface area contributed by atoms with Gasteiger partial charge in [-0.25, -0.2) is 0 Å². The van der Waals surface area contributed by atoms with Crippen molar-refractivity contribution in [1.29, 1.82) is 0 Å². The molecule has 1 saturated heterocycles. The van der Waals surface area contributed by atoms with Gasteiger partial charge in [-0.1, -0.05) is 11.6 Å². The van der Waals surface area contributed by atoms with E-state index in [2.05, 4.69) is 11.2 Å². The van der Waals surface area contributed by atoms with E-state index in [1.807, 2.05) is 38.7 Å². The highest BCUT2D eigenvalue weighted by molar-refractivity contribution is 5.96. The zero-order chi connectivity index (χ0) is 20.4. The first-order chi connectivity index (χ1) is 13.3. The molecule has 0 saturated carbocycles. The van der Waals surface area contributed by atoms with Crippen LogP contribution in [0.1, 0.15) is 39.7 Å². The summed E-state index contributed by atoms with van der Waals surface area (Å²) in [5, 5.41) is 3.72. The van der Waals surface area contributed by atoms with Crippen LogP contribution in [-0.2, 0) is 11.2 Å². The van der Waals surface area contributed by atoms with Gasteiger partial charge in [-0.3, -0.25) is 9.59 Å². The Balaban J connectivity index is 1.66. The number of methoxy groups -OCH3 is 1. The number of piperazine rings is 1. The maximum Gasteiger partial charge on any atom is 0.254 e. The average Bonchev–Trinajstić information content (AvgIpc) is 3.11. The Bertz CT molecular complexity index is 890. The van der Waals surface area contributed by atoms with Gasteiger partial charge in [0.15, 0.2) is 0 Å². The van der Waals surface area contributed by atoms with Gasteiger partial charge in [0.2, 0.25) is 5.91 Å². The molecule has 1 atom stereocenters. The first-order valence-electron chi connectivity index (χ1n) is 9.46. The van der Waals surface area contributed by atoms with E-state index in [4.69, 9.17) is 9.26 Å². The molecule has 7 heteroatoms. The Labute approximate surface area is 165 Å². The fourth-order valence-electron chi connectivity index (χ4n) is 3.64. The Morgan fingerprint density at radius 1 is 1.21 bits per heavy atom. The van der Waals surface area contributed by atoms with Crippen LogP contribution in [0.4, 0.5) is 0 Å². The van der Waals surface area contributed by atoms with Crippen molar-refractivity contribution in [3.05, 3.63) is 46.2 Å². The average molecular weight is 385 g/mol. The van der Waals surface area contributed by atoms with Gasteiger partial charge >= 0.3 is 0 Å². The third-order valence-electron chi connectivity index (χ3n) is 5.36. The molecule has 1 aromatic heterocycles. The lowest BCUT2D eigenvalue weighted by Gasteiger charge is -2.40. The highest BCUT2D eigenvalue weighted by atomic mass is 16.5. The Kier molecular flexibility index (Phi) is 5.72. The molecule has 0 radical (unpaired) electrons. The number of hydrogen-bond donors (Lipinski definition) is 0. The smallest absolute Gasteiger partial charge is 0.254 e. The zero-order valence-corrected chi connectivity index (χ0v) is 17.1. The topological polar surface area (TPSA) is 75.9 Å². The lowest BCUT2D eigenvalue weighted by atomic mass is 9.98. The molecular weight excluding hydrogens is 358 g/mol. The van der Waals surface area contributed by atoms with Gasteiger partial charge in [0.25, 0.3) is 11.8 Å². The van der Waals surface area contributed by atoms with Crippen molar-refractivity contribution < 1.29 is 18.8 Å². The normalized spacial score (nSPS) is 17.0. The summed E-state index contributed by atoms with van der Waals surface area (Å²) >= 11 is 0. The Hall–Kier alpha value is -2.83. The van der Waals surface area contributed by atoms with E-state index in [9.17, 15) is 9.59 Å². The summed E-state index contributed by atoms with van der Waals surface area (Å²) < 4.78 is 10.1. The van der Waals surface area contributed by atoms with E-state index in [1.54, 1.807) is 11.0 Å². The van der Waals surface area contributed by atoms with Crippen molar-refractivity contribution in [2.75, 3.05) is 26.7 Å². The standard InChI is InChI=1S/C21H27N3O4/c1-13-8-14(2)16(4)18(9-13)21(26)24-7-6-23(12-15(24)3)20(25)11-17-10-19(27-5)22-28-17/h8-10,15H,6-7,11-12H2,1-5H3. The Morgan fingerprint density at radius 2 is 1.96 bits per heavy atom. The summed E-state index contributed by atoms with van der Waals surface area (Å²) in [6.45, 7) is 9.51. The second-order valence-corrected chi connectivity index (χ2v) is 7.45. The SMILES string of the molecule is COc1cc(CC(=O)N2CCN(C(=O)c3cc(C)cc(C)c3C)C(C)C2)on1. The van der Waals surface area contributed by atoms with Crippen LogP contribution in [0, 0.1) is 20.8 Å². The number of ether oxygens (including phenoxy) is 1. The van der Waals surface area contributed by atoms with Crippen molar-refractivity contribution in [3.63, 3.8) is 0 Å². The molecule has 28 heavy (non-hydrogen) atoms. The van der Waals surface area contributed by atoms with Gasteiger partial charge in [-0.05, 0) is 50.0 Å². The van der Waals surface area contributed by atoms with E-state index in [0.29, 0.717) is 31.3 Å². The molecular formula is C21H27N3O4. The third-order valence-corrected chi connectivity index (χ3v) is 5.36. The second kappa shape index (κ2) is 8.04. The number of nitrogens with zero attached hydrogens (tertiary/aromatic N) is 3. The first kappa shape index (κ1) is 19.9. The fourth-order valence-corrected chi connectivity index (χ4v) is 3.64. The maximum atomic E-state index is 13.1. The van der Waals surface area contributed by atoms with Gasteiger partial charge in [0.1, 0.15) is 5.76 Å². The molecule has 2 amide bonds. The summed E-state index contributed by atoms with van der Waals surface area (Å²) in [6.07, 6.45) is 0.132. The molecule has 3 rings (SSSR count). The predicted molar refractivity (Wildman–Crippen MR) is 104 cm³/mol. The van der Waals surface area contributed by atoms with E-state index in [1.165, 1.54) is 7.11 Å². The monoisotopic (exact) mass is 385 g/mol. The Morgan fingerprint density at radius 3 is 2.61 bits per heavy atom. The molecule has 7 nitrogen and oxygen atoms in total. The van der Waals surface area contributed by atoms with E-state index in [-0.39, 0.29) is 24.3 Å². The fraction of sp³-hybridized carbons (Fsp3) is 0.476. The maximum absolute atomic E-state index is 13.1. The van der Waals surface area contributed by atoms with Gasteiger partial charge in [0.05, 0.1) is 13.5 Å². The number of hydrogen-bond acceptors (Lipinski definition) is 5. The highest BCUT2D eigenvalue weighted by Gasteiger charge is 2.31. The van der Waals surface area contributed by atoms with E-state index >= 15 is 0 Å². The van der Waals surface area contributed by atoms with E-state index in [0.717, 1.165) is 22.3 Å². The molecule has 1 unspecified atom stereocenters. The van der Waals surface area contributed by atoms with Crippen LogP contribution in [0.25, 0.3) is 0 Å². The highest BCUT2D eigenvalue weighted by Crippen LogP contribution is 2.21. The van der Waals surface area contributed by atoms with Gasteiger partial charge in [0, 0.05) is 37.3 Å². The number of benzene rings is 1. The number of aromatic nitrogens is 1. The molecule has 2 aromatic rings. The summed E-state index contributed by atoms with van der Waals surface area (Å²) in [5.74, 6) is 0.818. The predicted octanol–water partition coefficient (Wildman–Crippen LogP) is 2.52. The van der Waals surface area contributed by atoms with Gasteiger partial charge in [-0.15, -0.1) is 0 Å². The molecule has 0 N–H and O–H groups in total. The summed E-state index contributed by atoms with van der Waals surface area (Å²) in [4.78, 5) is 29.4. The molecule has 150 valence electrons. The zero-order valence-electron chi connectivity index (χ0n) is 17.1. The third kappa shape index (κ3) is 4.03. The summed E-state index contributed by atoms with van der Waals surface area (Å²) in [6, 6.07) is 5.59. The quantitative estimate of drug-likeness (QED) is 0.808. The van der Waals surface area contributed by atoms with Crippen molar-refractivity contribution in [2.24, 2.45) is 0 Å². The van der Waals surface area contributed by atoms with Crippen LogP contribution in [0.2, 0.25) is 0 Å². The van der Waals surface area contributed by atoms with Crippen molar-refractivity contribution in [2.45, 2.75) is 40.2 Å². The number of carbonyl (C=O) groups is 2. The van der Waals surface area contributed by atoms with Crippen molar-refractivity contribution in [1.82, 2.24) is 15.0 Å². The van der Waals surface area contributed by atoms with Crippen LogP contribution in [0.5, 0.6) is 5.88 Å².